The van der Waals surface area contributed by atoms with Gasteiger partial charge >= 0.3 is 0 Å². The van der Waals surface area contributed by atoms with E-state index in [1.807, 2.05) is 17.0 Å². The molecule has 1 aromatic carbocycles. The highest BCUT2D eigenvalue weighted by Crippen LogP contribution is 2.33. The Kier molecular flexibility index (Phi) is 6.48. The highest BCUT2D eigenvalue weighted by Gasteiger charge is 2.37. The molecule has 2 aromatic heterocycles. The lowest BCUT2D eigenvalue weighted by atomic mass is 9.96. The Morgan fingerprint density at radius 1 is 1.25 bits per heavy atom. The average molecular weight is 474 g/mol. The van der Waals surface area contributed by atoms with Crippen molar-refractivity contribution in [2.45, 2.75) is 38.2 Å². The van der Waals surface area contributed by atoms with E-state index in [1.165, 1.54) is 11.3 Å². The summed E-state index contributed by atoms with van der Waals surface area (Å²) >= 11 is 7.66. The minimum Gasteiger partial charge on any atom is -0.476 e. The second-order valence-corrected chi connectivity index (χ2v) is 9.40. The van der Waals surface area contributed by atoms with Gasteiger partial charge in [-0.25, -0.2) is 4.98 Å². The molecule has 8 nitrogen and oxygen atoms in total. The van der Waals surface area contributed by atoms with Crippen molar-refractivity contribution in [3.63, 3.8) is 0 Å². The number of para-hydroxylation sites is 1. The van der Waals surface area contributed by atoms with Crippen molar-refractivity contribution in [2.24, 2.45) is 0 Å². The predicted octanol–water partition coefficient (Wildman–Crippen LogP) is 4.34. The van der Waals surface area contributed by atoms with Gasteiger partial charge in [0.2, 0.25) is 0 Å². The molecule has 1 aliphatic heterocycles. The Morgan fingerprint density at radius 2 is 2.00 bits per heavy atom. The molecule has 0 radical (unpaired) electrons. The van der Waals surface area contributed by atoms with Gasteiger partial charge < -0.3 is 15.0 Å². The lowest BCUT2D eigenvalue weighted by molar-refractivity contribution is -0.146. The van der Waals surface area contributed by atoms with Gasteiger partial charge in [0.1, 0.15) is 17.3 Å². The summed E-state index contributed by atoms with van der Waals surface area (Å²) in [5, 5.41) is 12.4. The molecule has 1 fully saturated rings. The Labute approximate surface area is 194 Å². The van der Waals surface area contributed by atoms with Crippen LogP contribution in [0.3, 0.4) is 0 Å². The van der Waals surface area contributed by atoms with Gasteiger partial charge in [-0.15, -0.1) is 11.3 Å². The topological polar surface area (TPSA) is 100 Å². The number of halogens is 1. The molecule has 1 saturated heterocycles. The van der Waals surface area contributed by atoms with Crippen molar-refractivity contribution < 1.29 is 14.3 Å². The normalized spacial score (nSPS) is 14.9. The summed E-state index contributed by atoms with van der Waals surface area (Å²) in [7, 11) is 0. The SMILES string of the molecule is CC(C)(Oc1ccccc1Cl)C(=O)N1CCC(c2nc(C(=O)Nc3ccn[nH]3)cs2)CC1. The minimum absolute atomic E-state index is 0.0744. The minimum atomic E-state index is -1.03. The first-order valence-electron chi connectivity index (χ1n) is 10.3. The zero-order valence-corrected chi connectivity index (χ0v) is 19.4. The quantitative estimate of drug-likeness (QED) is 0.554. The van der Waals surface area contributed by atoms with Crippen LogP contribution in [0, 0.1) is 0 Å². The van der Waals surface area contributed by atoms with Crippen molar-refractivity contribution in [2.75, 3.05) is 18.4 Å². The molecule has 10 heteroatoms. The fourth-order valence-corrected chi connectivity index (χ4v) is 4.79. The molecule has 3 heterocycles. The smallest absolute Gasteiger partial charge is 0.276 e. The fraction of sp³-hybridized carbons (Fsp3) is 0.364. The number of H-pyrrole nitrogens is 1. The van der Waals surface area contributed by atoms with E-state index in [0.29, 0.717) is 35.4 Å². The highest BCUT2D eigenvalue weighted by molar-refractivity contribution is 7.10. The molecule has 2 amide bonds. The van der Waals surface area contributed by atoms with Crippen LogP contribution in [-0.2, 0) is 4.79 Å². The van der Waals surface area contributed by atoms with Crippen LogP contribution in [-0.4, -0.2) is 50.6 Å². The number of nitrogens with zero attached hydrogens (tertiary/aromatic N) is 3. The first-order chi connectivity index (χ1) is 15.3. The maximum absolute atomic E-state index is 13.1. The molecular formula is C22H24ClN5O3S. The molecule has 0 saturated carbocycles. The second-order valence-electron chi connectivity index (χ2n) is 8.10. The van der Waals surface area contributed by atoms with Gasteiger partial charge in [-0.05, 0) is 38.8 Å². The summed E-state index contributed by atoms with van der Waals surface area (Å²) < 4.78 is 5.95. The first kappa shape index (κ1) is 22.3. The zero-order chi connectivity index (χ0) is 22.7. The number of hydrogen-bond donors (Lipinski definition) is 2. The number of carbonyl (C=O) groups excluding carboxylic acids is 2. The first-order valence-corrected chi connectivity index (χ1v) is 11.6. The highest BCUT2D eigenvalue weighted by atomic mass is 35.5. The number of piperidine rings is 1. The van der Waals surface area contributed by atoms with Gasteiger partial charge in [0.25, 0.3) is 11.8 Å². The number of anilines is 1. The van der Waals surface area contributed by atoms with E-state index in [-0.39, 0.29) is 17.7 Å². The number of thiazole rings is 1. The summed E-state index contributed by atoms with van der Waals surface area (Å²) in [6, 6.07) is 8.81. The number of nitrogens with one attached hydrogen (secondary N) is 2. The van der Waals surface area contributed by atoms with Crippen LogP contribution in [0.2, 0.25) is 5.02 Å². The zero-order valence-electron chi connectivity index (χ0n) is 17.8. The van der Waals surface area contributed by atoms with E-state index in [4.69, 9.17) is 16.3 Å². The van der Waals surface area contributed by atoms with Crippen LogP contribution in [0.15, 0.2) is 41.9 Å². The van der Waals surface area contributed by atoms with Crippen LogP contribution in [0.1, 0.15) is 48.1 Å². The molecule has 0 atom stereocenters. The number of aromatic amines is 1. The summed E-state index contributed by atoms with van der Waals surface area (Å²) in [5.74, 6) is 0.881. The van der Waals surface area contributed by atoms with Gasteiger partial charge in [-0.3, -0.25) is 14.7 Å². The molecule has 2 N–H and O–H groups in total. The molecule has 32 heavy (non-hydrogen) atoms. The number of rotatable bonds is 6. The van der Waals surface area contributed by atoms with E-state index in [2.05, 4.69) is 20.5 Å². The molecule has 0 aliphatic carbocycles. The summed E-state index contributed by atoms with van der Waals surface area (Å²) in [6.07, 6.45) is 3.13. The standard InChI is InChI=1S/C22H24ClN5O3S/c1-22(2,31-17-6-4-3-5-15(17)23)21(30)28-11-8-14(9-12-28)20-25-16(13-32-20)19(29)26-18-7-10-24-27-18/h3-7,10,13-14H,8-9,11-12H2,1-2H3,(H2,24,26,27,29). The van der Waals surface area contributed by atoms with Gasteiger partial charge in [-0.1, -0.05) is 23.7 Å². The summed E-state index contributed by atoms with van der Waals surface area (Å²) in [6.45, 7) is 4.73. The molecule has 0 unspecified atom stereocenters. The van der Waals surface area contributed by atoms with E-state index in [9.17, 15) is 9.59 Å². The molecular weight excluding hydrogens is 450 g/mol. The summed E-state index contributed by atoms with van der Waals surface area (Å²) in [4.78, 5) is 31.8. The van der Waals surface area contributed by atoms with Gasteiger partial charge in [0.15, 0.2) is 5.60 Å². The predicted molar refractivity (Wildman–Crippen MR) is 123 cm³/mol. The van der Waals surface area contributed by atoms with Crippen molar-refractivity contribution in [3.8, 4) is 5.75 Å². The number of ether oxygens (including phenoxy) is 1. The van der Waals surface area contributed by atoms with E-state index >= 15 is 0 Å². The number of hydrogen-bond acceptors (Lipinski definition) is 6. The van der Waals surface area contributed by atoms with E-state index in [0.717, 1.165) is 17.8 Å². The molecule has 168 valence electrons. The van der Waals surface area contributed by atoms with Crippen LogP contribution >= 0.6 is 22.9 Å². The number of benzene rings is 1. The lowest BCUT2D eigenvalue weighted by Crippen LogP contribution is -2.51. The molecule has 0 spiro atoms. The van der Waals surface area contributed by atoms with E-state index in [1.54, 1.807) is 43.6 Å². The number of aromatic nitrogens is 3. The van der Waals surface area contributed by atoms with Crippen molar-refractivity contribution >= 4 is 40.6 Å². The van der Waals surface area contributed by atoms with E-state index < -0.39 is 5.60 Å². The third-order valence-corrected chi connectivity index (χ3v) is 6.67. The largest absolute Gasteiger partial charge is 0.476 e. The van der Waals surface area contributed by atoms with Crippen LogP contribution in [0.5, 0.6) is 5.75 Å². The van der Waals surface area contributed by atoms with Crippen molar-refractivity contribution in [1.82, 2.24) is 20.1 Å². The Morgan fingerprint density at radius 3 is 2.69 bits per heavy atom. The number of amides is 2. The van der Waals surface area contributed by atoms with Gasteiger partial charge in [0.05, 0.1) is 16.2 Å². The summed E-state index contributed by atoms with van der Waals surface area (Å²) in [5.41, 5.74) is -0.649. The third kappa shape index (κ3) is 4.94. The van der Waals surface area contributed by atoms with Gasteiger partial charge in [0, 0.05) is 30.5 Å². The van der Waals surface area contributed by atoms with Crippen LogP contribution < -0.4 is 10.1 Å². The number of carbonyl (C=O) groups is 2. The second kappa shape index (κ2) is 9.30. The molecule has 1 aliphatic rings. The Balaban J connectivity index is 1.34. The Hall–Kier alpha value is -2.91. The van der Waals surface area contributed by atoms with Crippen molar-refractivity contribution in [3.05, 3.63) is 57.6 Å². The number of likely N-dealkylation sites (tertiary alicyclic amines) is 1. The molecule has 4 rings (SSSR count). The Bertz CT molecular complexity index is 1090. The lowest BCUT2D eigenvalue weighted by Gasteiger charge is -2.36. The van der Waals surface area contributed by atoms with Crippen LogP contribution in [0.25, 0.3) is 0 Å². The average Bonchev–Trinajstić information content (AvgIpc) is 3.47. The molecule has 0 bridgehead atoms. The van der Waals surface area contributed by atoms with Crippen molar-refractivity contribution in [1.29, 1.82) is 0 Å². The monoisotopic (exact) mass is 473 g/mol. The maximum Gasteiger partial charge on any atom is 0.276 e. The maximum atomic E-state index is 13.1. The fourth-order valence-electron chi connectivity index (χ4n) is 3.65. The van der Waals surface area contributed by atoms with Gasteiger partial charge in [-0.2, -0.15) is 5.10 Å². The third-order valence-electron chi connectivity index (χ3n) is 5.35. The molecule has 3 aromatic rings. The van der Waals surface area contributed by atoms with Crippen LogP contribution in [0.4, 0.5) is 5.82 Å².